The van der Waals surface area contributed by atoms with Gasteiger partial charge in [0.2, 0.25) is 0 Å². The number of imidazole rings is 1. The molecule has 0 fully saturated rings. The fraction of sp³-hybridized carbons (Fsp3) is 0.550. The number of ether oxygens (including phenoxy) is 2. The Balaban J connectivity index is 2.07. The van der Waals surface area contributed by atoms with Crippen LogP contribution in [-0.2, 0) is 20.8 Å². The fourth-order valence-electron chi connectivity index (χ4n) is 2.73. The van der Waals surface area contributed by atoms with Crippen molar-refractivity contribution in [3.8, 4) is 0 Å². The summed E-state index contributed by atoms with van der Waals surface area (Å²) in [6.07, 6.45) is -0.433. The summed E-state index contributed by atoms with van der Waals surface area (Å²) in [5.74, 6) is 0.321. The summed E-state index contributed by atoms with van der Waals surface area (Å²) in [6.45, 7) is 11.6. The molecule has 1 aromatic heterocycles. The third kappa shape index (κ3) is 6.74. The molecule has 8 heteroatoms. The number of benzene rings is 1. The average Bonchev–Trinajstić information content (AvgIpc) is 2.86. The zero-order valence-electron chi connectivity index (χ0n) is 17.4. The maximum atomic E-state index is 11.8. The van der Waals surface area contributed by atoms with E-state index in [2.05, 4.69) is 9.88 Å². The number of hydrogen-bond acceptors (Lipinski definition) is 6. The van der Waals surface area contributed by atoms with Crippen molar-refractivity contribution < 1.29 is 19.1 Å². The molecule has 0 atom stereocenters. The normalized spacial score (nSPS) is 12.1. The van der Waals surface area contributed by atoms with E-state index in [1.165, 1.54) is 18.7 Å². The molecule has 0 radical (unpaired) electrons. The van der Waals surface area contributed by atoms with Gasteiger partial charge in [-0.05, 0) is 46.8 Å². The standard InChI is InChI=1S/C20H29N3O4S/c1-14(24)26-20(5,6)13-23-16-10-8-7-9-15(16)22-17(23)28-12-11-21-18(25)27-19(2,3)4/h7-10H,11-13H2,1-6H3,(H,21,25). The number of amides is 1. The van der Waals surface area contributed by atoms with E-state index in [1.54, 1.807) is 0 Å². The van der Waals surface area contributed by atoms with Gasteiger partial charge < -0.3 is 19.4 Å². The molecule has 2 rings (SSSR count). The fourth-order valence-corrected chi connectivity index (χ4v) is 3.60. The molecule has 1 aromatic carbocycles. The molecule has 1 heterocycles. The van der Waals surface area contributed by atoms with Gasteiger partial charge in [-0.1, -0.05) is 23.9 Å². The summed E-state index contributed by atoms with van der Waals surface area (Å²) in [7, 11) is 0. The van der Waals surface area contributed by atoms with Crippen molar-refractivity contribution in [1.82, 2.24) is 14.9 Å². The van der Waals surface area contributed by atoms with Crippen molar-refractivity contribution in [2.45, 2.75) is 64.4 Å². The summed E-state index contributed by atoms with van der Waals surface area (Å²) in [5, 5.41) is 3.56. The molecular weight excluding hydrogens is 378 g/mol. The van der Waals surface area contributed by atoms with Gasteiger partial charge in [0, 0.05) is 19.2 Å². The number of thioether (sulfide) groups is 1. The van der Waals surface area contributed by atoms with Crippen molar-refractivity contribution in [1.29, 1.82) is 0 Å². The van der Waals surface area contributed by atoms with Crippen LogP contribution in [0, 0.1) is 0 Å². The van der Waals surface area contributed by atoms with Gasteiger partial charge in [-0.25, -0.2) is 9.78 Å². The van der Waals surface area contributed by atoms with Crippen LogP contribution < -0.4 is 5.32 Å². The number of esters is 1. The van der Waals surface area contributed by atoms with Gasteiger partial charge in [0.05, 0.1) is 17.6 Å². The van der Waals surface area contributed by atoms with Crippen LogP contribution in [0.4, 0.5) is 4.79 Å². The number of fused-ring (bicyclic) bond motifs is 1. The van der Waals surface area contributed by atoms with Gasteiger partial charge in [0.15, 0.2) is 5.16 Å². The maximum Gasteiger partial charge on any atom is 0.407 e. The smallest absolute Gasteiger partial charge is 0.407 e. The number of aromatic nitrogens is 2. The maximum absolute atomic E-state index is 11.8. The minimum atomic E-state index is -0.667. The molecule has 0 bridgehead atoms. The van der Waals surface area contributed by atoms with Crippen LogP contribution in [-0.4, -0.2) is 45.1 Å². The first-order chi connectivity index (χ1) is 13.0. The van der Waals surface area contributed by atoms with E-state index in [9.17, 15) is 9.59 Å². The molecule has 0 saturated heterocycles. The predicted molar refractivity (Wildman–Crippen MR) is 111 cm³/mol. The zero-order chi connectivity index (χ0) is 20.9. The first-order valence-corrected chi connectivity index (χ1v) is 10.2. The second-order valence-electron chi connectivity index (χ2n) is 8.10. The molecule has 0 aliphatic heterocycles. The SMILES string of the molecule is CC(=O)OC(C)(C)Cn1c(SCCNC(=O)OC(C)(C)C)nc2ccccc21. The van der Waals surface area contributed by atoms with Crippen molar-refractivity contribution in [3.63, 3.8) is 0 Å². The van der Waals surface area contributed by atoms with E-state index in [1.807, 2.05) is 58.9 Å². The van der Waals surface area contributed by atoms with E-state index < -0.39 is 17.3 Å². The summed E-state index contributed by atoms with van der Waals surface area (Å²) in [5.41, 5.74) is 0.668. The molecule has 2 aromatic rings. The van der Waals surface area contributed by atoms with Crippen LogP contribution in [0.3, 0.4) is 0 Å². The molecule has 0 saturated carbocycles. The Morgan fingerprint density at radius 3 is 2.46 bits per heavy atom. The van der Waals surface area contributed by atoms with Crippen LogP contribution in [0.5, 0.6) is 0 Å². The number of rotatable bonds is 7. The number of nitrogens with zero attached hydrogens (tertiary/aromatic N) is 2. The largest absolute Gasteiger partial charge is 0.458 e. The van der Waals surface area contributed by atoms with Gasteiger partial charge in [-0.2, -0.15) is 0 Å². The highest BCUT2D eigenvalue weighted by Gasteiger charge is 2.25. The molecule has 1 N–H and O–H groups in total. The molecule has 0 aliphatic rings. The first-order valence-electron chi connectivity index (χ1n) is 9.21. The molecule has 0 unspecified atom stereocenters. The third-order valence-corrected chi connectivity index (χ3v) is 4.56. The molecule has 7 nitrogen and oxygen atoms in total. The Morgan fingerprint density at radius 1 is 1.14 bits per heavy atom. The first kappa shape index (κ1) is 22.1. The molecular formula is C20H29N3O4S. The van der Waals surface area contributed by atoms with Crippen molar-refractivity contribution >= 4 is 34.9 Å². The van der Waals surface area contributed by atoms with Crippen LogP contribution in [0.15, 0.2) is 29.4 Å². The van der Waals surface area contributed by atoms with Crippen LogP contribution in [0.2, 0.25) is 0 Å². The topological polar surface area (TPSA) is 82.5 Å². The van der Waals surface area contributed by atoms with E-state index >= 15 is 0 Å². The Labute approximate surface area is 170 Å². The van der Waals surface area contributed by atoms with E-state index in [4.69, 9.17) is 14.5 Å². The van der Waals surface area contributed by atoms with Gasteiger partial charge in [0.25, 0.3) is 0 Å². The summed E-state index contributed by atoms with van der Waals surface area (Å²) in [4.78, 5) is 27.9. The Kier molecular flexibility index (Phi) is 6.98. The monoisotopic (exact) mass is 407 g/mol. The highest BCUT2D eigenvalue weighted by atomic mass is 32.2. The quantitative estimate of drug-likeness (QED) is 0.424. The Bertz CT molecular complexity index is 840. The van der Waals surface area contributed by atoms with Crippen molar-refractivity contribution in [2.24, 2.45) is 0 Å². The molecule has 0 spiro atoms. The van der Waals surface area contributed by atoms with Gasteiger partial charge >= 0.3 is 12.1 Å². The second kappa shape index (κ2) is 8.86. The number of hydrogen-bond donors (Lipinski definition) is 1. The van der Waals surface area contributed by atoms with Gasteiger partial charge in [-0.15, -0.1) is 0 Å². The number of alkyl carbamates (subject to hydrolysis) is 1. The molecule has 0 aliphatic carbocycles. The lowest BCUT2D eigenvalue weighted by atomic mass is 10.1. The zero-order valence-corrected chi connectivity index (χ0v) is 18.2. The van der Waals surface area contributed by atoms with Crippen LogP contribution >= 0.6 is 11.8 Å². The average molecular weight is 408 g/mol. The second-order valence-corrected chi connectivity index (χ2v) is 9.16. The Morgan fingerprint density at radius 2 is 1.82 bits per heavy atom. The minimum absolute atomic E-state index is 0.315. The summed E-state index contributed by atoms with van der Waals surface area (Å²) >= 11 is 1.53. The van der Waals surface area contributed by atoms with Crippen molar-refractivity contribution in [2.75, 3.05) is 12.3 Å². The number of carbonyl (C=O) groups is 2. The highest BCUT2D eigenvalue weighted by molar-refractivity contribution is 7.99. The number of carbonyl (C=O) groups excluding carboxylic acids is 2. The number of nitrogens with one attached hydrogen (secondary N) is 1. The van der Waals surface area contributed by atoms with Crippen LogP contribution in [0.25, 0.3) is 11.0 Å². The highest BCUT2D eigenvalue weighted by Crippen LogP contribution is 2.27. The van der Waals surface area contributed by atoms with Crippen LogP contribution in [0.1, 0.15) is 41.5 Å². The van der Waals surface area contributed by atoms with Gasteiger partial charge in [-0.3, -0.25) is 4.79 Å². The predicted octanol–water partition coefficient (Wildman–Crippen LogP) is 3.99. The lowest BCUT2D eigenvalue weighted by Gasteiger charge is -2.26. The molecule has 154 valence electrons. The molecule has 1 amide bonds. The van der Waals surface area contributed by atoms with E-state index in [0.717, 1.165) is 16.2 Å². The Hall–Kier alpha value is -2.22. The molecule has 28 heavy (non-hydrogen) atoms. The lowest BCUT2D eigenvalue weighted by molar-refractivity contribution is -0.154. The van der Waals surface area contributed by atoms with Crippen molar-refractivity contribution in [3.05, 3.63) is 24.3 Å². The van der Waals surface area contributed by atoms with E-state index in [-0.39, 0.29) is 5.97 Å². The van der Waals surface area contributed by atoms with Gasteiger partial charge in [0.1, 0.15) is 11.2 Å². The number of para-hydroxylation sites is 2. The third-order valence-electron chi connectivity index (χ3n) is 3.58. The van der Waals surface area contributed by atoms with E-state index in [0.29, 0.717) is 18.8 Å². The minimum Gasteiger partial charge on any atom is -0.458 e. The summed E-state index contributed by atoms with van der Waals surface area (Å²) in [6, 6.07) is 7.84. The lowest BCUT2D eigenvalue weighted by Crippen LogP contribution is -2.34. The summed E-state index contributed by atoms with van der Waals surface area (Å²) < 4.78 is 12.7.